The first-order valence-corrected chi connectivity index (χ1v) is 10.8. The predicted octanol–water partition coefficient (Wildman–Crippen LogP) is 4.63. The molecule has 174 valence electrons. The fourth-order valence-electron chi connectivity index (χ4n) is 3.59. The van der Waals surface area contributed by atoms with E-state index in [1.54, 1.807) is 24.4 Å². The van der Waals surface area contributed by atoms with E-state index in [1.165, 1.54) is 19.2 Å². The first-order valence-electron chi connectivity index (χ1n) is 10.8. The van der Waals surface area contributed by atoms with E-state index in [-0.39, 0.29) is 24.6 Å². The third kappa shape index (κ3) is 6.15. The normalized spacial score (nSPS) is 13.4. The summed E-state index contributed by atoms with van der Waals surface area (Å²) in [6.45, 7) is 4.04. The minimum absolute atomic E-state index is 0.0191. The Bertz CT molecular complexity index is 1090. The third-order valence-corrected chi connectivity index (χ3v) is 5.22. The van der Waals surface area contributed by atoms with Gasteiger partial charge in [-0.1, -0.05) is 44.2 Å². The van der Waals surface area contributed by atoms with Crippen LogP contribution in [0.4, 0.5) is 4.39 Å². The van der Waals surface area contributed by atoms with Gasteiger partial charge >= 0.3 is 5.97 Å². The van der Waals surface area contributed by atoms with E-state index in [0.717, 1.165) is 28.3 Å². The molecular weight excluding hydrogens is 423 g/mol. The molecule has 0 aliphatic heterocycles. The number of ether oxygens (including phenoxy) is 1. The lowest BCUT2D eigenvalue weighted by Crippen LogP contribution is -2.20. The summed E-state index contributed by atoms with van der Waals surface area (Å²) in [7, 11) is 1.25. The largest absolute Gasteiger partial charge is 0.469 e. The zero-order chi connectivity index (χ0) is 24.0. The fraction of sp³-hybridized carbons (Fsp3) is 0.308. The van der Waals surface area contributed by atoms with Gasteiger partial charge in [0.15, 0.2) is 0 Å². The van der Waals surface area contributed by atoms with Gasteiger partial charge < -0.3 is 19.5 Å². The fourth-order valence-corrected chi connectivity index (χ4v) is 3.59. The number of aromatic nitrogens is 2. The molecule has 0 spiro atoms. The number of halogens is 1. The van der Waals surface area contributed by atoms with Gasteiger partial charge in [0.1, 0.15) is 11.6 Å². The van der Waals surface area contributed by atoms with Crippen molar-refractivity contribution < 1.29 is 24.1 Å². The molecule has 2 unspecified atom stereocenters. The predicted molar refractivity (Wildman–Crippen MR) is 126 cm³/mol. The Morgan fingerprint density at radius 2 is 1.76 bits per heavy atom. The standard InChI is InChI=1S/C26H29FN2O4/c1-17(2)26-28-24(18-7-5-4-6-8-18)25(19-9-11-20(27)12-10-19)29(26)14-13-21(30)15-22(31)16-23(32)33-3/h4-14,17,21-22,30-31H,15-16H2,1-3H3/b14-13+. The molecule has 0 amide bonds. The minimum atomic E-state index is -1.03. The second kappa shape index (κ2) is 11.0. The summed E-state index contributed by atoms with van der Waals surface area (Å²) in [6, 6.07) is 15.9. The molecule has 33 heavy (non-hydrogen) atoms. The first kappa shape index (κ1) is 24.4. The molecule has 0 radical (unpaired) electrons. The second-order valence-corrected chi connectivity index (χ2v) is 8.14. The van der Waals surface area contributed by atoms with Crippen LogP contribution in [0.1, 0.15) is 38.4 Å². The summed E-state index contributed by atoms with van der Waals surface area (Å²) in [5.74, 6) is -0.0395. The number of carbonyl (C=O) groups excluding carboxylic acids is 1. The number of nitrogens with zero attached hydrogens (tertiary/aromatic N) is 2. The Morgan fingerprint density at radius 1 is 1.09 bits per heavy atom. The molecule has 0 saturated carbocycles. The van der Waals surface area contributed by atoms with E-state index in [4.69, 9.17) is 4.98 Å². The van der Waals surface area contributed by atoms with Gasteiger partial charge in [-0.2, -0.15) is 0 Å². The van der Waals surface area contributed by atoms with E-state index < -0.39 is 18.2 Å². The van der Waals surface area contributed by atoms with Crippen LogP contribution in [-0.4, -0.2) is 45.1 Å². The maximum absolute atomic E-state index is 13.6. The zero-order valence-corrected chi connectivity index (χ0v) is 19.0. The molecule has 2 N–H and O–H groups in total. The van der Waals surface area contributed by atoms with Gasteiger partial charge in [-0.3, -0.25) is 4.79 Å². The number of rotatable bonds is 9. The van der Waals surface area contributed by atoms with E-state index in [1.807, 2.05) is 48.7 Å². The summed E-state index contributed by atoms with van der Waals surface area (Å²) >= 11 is 0. The maximum Gasteiger partial charge on any atom is 0.308 e. The Balaban J connectivity index is 2.04. The number of imidazole rings is 1. The molecule has 6 nitrogen and oxygen atoms in total. The number of aliphatic hydroxyl groups is 2. The highest BCUT2D eigenvalue weighted by Gasteiger charge is 2.21. The number of esters is 1. The number of methoxy groups -OCH3 is 1. The van der Waals surface area contributed by atoms with Gasteiger partial charge in [0.25, 0.3) is 0 Å². The van der Waals surface area contributed by atoms with Crippen molar-refractivity contribution in [3.8, 4) is 22.5 Å². The van der Waals surface area contributed by atoms with E-state index in [0.29, 0.717) is 0 Å². The molecular formula is C26H29FN2O4. The number of aliphatic hydroxyl groups excluding tert-OH is 2. The molecule has 1 heterocycles. The summed E-state index contributed by atoms with van der Waals surface area (Å²) in [5, 5.41) is 20.5. The molecule has 0 aliphatic rings. The van der Waals surface area contributed by atoms with Crippen molar-refractivity contribution in [3.63, 3.8) is 0 Å². The molecule has 7 heteroatoms. The topological polar surface area (TPSA) is 84.6 Å². The molecule has 0 bridgehead atoms. The van der Waals surface area contributed by atoms with Gasteiger partial charge in [0.2, 0.25) is 0 Å². The monoisotopic (exact) mass is 452 g/mol. The first-order chi connectivity index (χ1) is 15.8. The quantitative estimate of drug-likeness (QED) is 0.463. The smallest absolute Gasteiger partial charge is 0.308 e. The number of hydrogen-bond donors (Lipinski definition) is 2. The third-order valence-electron chi connectivity index (χ3n) is 5.22. The van der Waals surface area contributed by atoms with E-state index in [9.17, 15) is 19.4 Å². The van der Waals surface area contributed by atoms with E-state index in [2.05, 4.69) is 4.74 Å². The molecule has 0 saturated heterocycles. The zero-order valence-electron chi connectivity index (χ0n) is 19.0. The van der Waals surface area contributed by atoms with Crippen molar-refractivity contribution >= 4 is 12.2 Å². The Labute approximate surface area is 193 Å². The van der Waals surface area contributed by atoms with Crippen molar-refractivity contribution in [3.05, 3.63) is 72.3 Å². The highest BCUT2D eigenvalue weighted by molar-refractivity contribution is 5.80. The average Bonchev–Trinajstić information content (AvgIpc) is 3.18. The Kier molecular flexibility index (Phi) is 8.14. The maximum atomic E-state index is 13.6. The van der Waals surface area contributed by atoms with Crippen LogP contribution in [0.5, 0.6) is 0 Å². The lowest BCUT2D eigenvalue weighted by molar-refractivity contribution is -0.143. The van der Waals surface area contributed by atoms with Crippen molar-refractivity contribution in [1.29, 1.82) is 0 Å². The summed E-state index contributed by atoms with van der Waals surface area (Å²) in [4.78, 5) is 16.2. The molecule has 0 aliphatic carbocycles. The summed E-state index contributed by atoms with van der Waals surface area (Å²) in [5.41, 5.74) is 3.21. The van der Waals surface area contributed by atoms with Gasteiger partial charge in [-0.25, -0.2) is 9.37 Å². The van der Waals surface area contributed by atoms with Crippen LogP contribution < -0.4 is 0 Å². The summed E-state index contributed by atoms with van der Waals surface area (Å²) < 4.78 is 20.1. The molecule has 2 aromatic carbocycles. The van der Waals surface area contributed by atoms with Crippen molar-refractivity contribution in [2.45, 2.75) is 44.8 Å². The molecule has 0 fully saturated rings. The molecule has 3 aromatic rings. The van der Waals surface area contributed by atoms with Gasteiger partial charge in [0, 0.05) is 29.7 Å². The number of hydrogen-bond acceptors (Lipinski definition) is 5. The van der Waals surface area contributed by atoms with Crippen molar-refractivity contribution in [1.82, 2.24) is 9.55 Å². The SMILES string of the molecule is COC(=O)CC(O)CC(O)/C=C/n1c(C(C)C)nc(-c2ccccc2)c1-c1ccc(F)cc1. The van der Waals surface area contributed by atoms with Crippen LogP contribution in [0.15, 0.2) is 60.7 Å². The van der Waals surface area contributed by atoms with Crippen molar-refractivity contribution in [2.24, 2.45) is 0 Å². The minimum Gasteiger partial charge on any atom is -0.469 e. The highest BCUT2D eigenvalue weighted by Crippen LogP contribution is 2.35. The van der Waals surface area contributed by atoms with Crippen LogP contribution in [0.25, 0.3) is 28.7 Å². The summed E-state index contributed by atoms with van der Waals surface area (Å²) in [6.07, 6.45) is 1.03. The van der Waals surface area contributed by atoms with Crippen LogP contribution in [-0.2, 0) is 9.53 Å². The molecule has 3 rings (SSSR count). The number of carbonyl (C=O) groups is 1. The van der Waals surface area contributed by atoms with Gasteiger partial charge in [-0.15, -0.1) is 0 Å². The lowest BCUT2D eigenvalue weighted by Gasteiger charge is -2.14. The Hall–Kier alpha value is -3.29. The molecule has 1 aromatic heterocycles. The van der Waals surface area contributed by atoms with Crippen LogP contribution in [0.2, 0.25) is 0 Å². The second-order valence-electron chi connectivity index (χ2n) is 8.14. The average molecular weight is 453 g/mol. The van der Waals surface area contributed by atoms with Crippen molar-refractivity contribution in [2.75, 3.05) is 7.11 Å². The van der Waals surface area contributed by atoms with Crippen LogP contribution in [0, 0.1) is 5.82 Å². The van der Waals surface area contributed by atoms with Crippen LogP contribution >= 0.6 is 0 Å². The van der Waals surface area contributed by atoms with Crippen LogP contribution in [0.3, 0.4) is 0 Å². The molecule has 2 atom stereocenters. The highest BCUT2D eigenvalue weighted by atomic mass is 19.1. The van der Waals surface area contributed by atoms with Gasteiger partial charge in [-0.05, 0) is 30.3 Å². The number of benzene rings is 2. The van der Waals surface area contributed by atoms with E-state index >= 15 is 0 Å². The van der Waals surface area contributed by atoms with Gasteiger partial charge in [0.05, 0.1) is 37.1 Å². The lowest BCUT2D eigenvalue weighted by atomic mass is 10.0. The Morgan fingerprint density at radius 3 is 2.36 bits per heavy atom.